The summed E-state index contributed by atoms with van der Waals surface area (Å²) in [6, 6.07) is 6.13. The van der Waals surface area contributed by atoms with Crippen LogP contribution in [0.5, 0.6) is 0 Å². The Balaban J connectivity index is 0.00000114. The van der Waals surface area contributed by atoms with Crippen molar-refractivity contribution in [2.75, 3.05) is 43.7 Å². The average Bonchev–Trinajstić information content (AvgIpc) is 4.01. The summed E-state index contributed by atoms with van der Waals surface area (Å²) in [7, 11) is -3.02. The summed E-state index contributed by atoms with van der Waals surface area (Å²) in [5.74, 6) is -3.41. The molecule has 18 nitrogen and oxygen atoms in total. The van der Waals surface area contributed by atoms with Gasteiger partial charge in [-0.3, -0.25) is 33.4 Å². The number of carbonyl (C=O) groups is 4. The van der Waals surface area contributed by atoms with Crippen LogP contribution >= 0.6 is 43.1 Å². The molecule has 0 fully saturated rings. The lowest BCUT2D eigenvalue weighted by molar-refractivity contribution is -0.143. The number of carboxylic acid groups (broad SMARTS) is 1. The Morgan fingerprint density at radius 1 is 1.00 bits per heavy atom. The molecule has 1 aliphatic rings. The van der Waals surface area contributed by atoms with Crippen LogP contribution in [0, 0.1) is 23.5 Å². The molecule has 2 amide bonds. The molecule has 1 unspecified atom stereocenters. The van der Waals surface area contributed by atoms with E-state index in [2.05, 4.69) is 36.6 Å². The third-order valence-corrected chi connectivity index (χ3v) is 13.7. The number of ether oxygens (including phenoxy) is 1. The fourth-order valence-corrected chi connectivity index (χ4v) is 8.90. The number of likely N-dealkylation sites (N-methyl/N-ethyl adjacent to an activating group) is 1. The van der Waals surface area contributed by atoms with Crippen molar-refractivity contribution < 1.29 is 91.8 Å². The number of hydrogen-bond donors (Lipinski definition) is 4. The minimum absolute atomic E-state index is 0.0146. The van der Waals surface area contributed by atoms with Gasteiger partial charge in [0, 0.05) is 42.0 Å². The molecule has 438 valence electrons. The molecule has 0 radical (unpaired) electrons. The molecule has 2 aromatic carbocycles. The van der Waals surface area contributed by atoms with Crippen molar-refractivity contribution in [1.82, 2.24) is 34.8 Å². The van der Waals surface area contributed by atoms with Gasteiger partial charge in [-0.25, -0.2) is 27.2 Å². The standard InChI is InChI=1S/C44H41ClF10N8O4S2.C2H5O6P.C2H6/c1-41(2,68-4)13-10-26-6-7-27(28-8-9-30(45)35-37(28)62(22-43(50,51)52)59-40(35)63(69-5)33(65)21-60(3)15-12-34(66)67)36(56-26)31(18-23-16-24(46)19-25(47)17-23)57-32(64)20-61-39-29(11-14-42(39,48)49)38(58-61)44(53,54)55;3-1-7-2-8-9(4,5)6;1-2/h6-9,16-17,19,31H,11-12,14-15,18,20-22H2,1-5H3,(H,57,64)(H,66,67);1H,2H2,(H2,4,5,6);1-2H3. The molecule has 3 heterocycles. The highest BCUT2D eigenvalue weighted by Gasteiger charge is 2.50. The predicted molar refractivity (Wildman–Crippen MR) is 276 cm³/mol. The number of nitrogens with one attached hydrogen (secondary N) is 1. The van der Waals surface area contributed by atoms with Gasteiger partial charge < -0.3 is 24.9 Å². The van der Waals surface area contributed by atoms with Crippen LogP contribution in [0.25, 0.3) is 22.0 Å². The molecule has 0 bridgehead atoms. The maximum Gasteiger partial charge on any atom is 0.472 e. The Bertz CT molecular complexity index is 3150. The van der Waals surface area contributed by atoms with E-state index in [4.69, 9.17) is 31.5 Å². The van der Waals surface area contributed by atoms with Gasteiger partial charge in [-0.05, 0) is 93.8 Å². The molecule has 0 spiro atoms. The van der Waals surface area contributed by atoms with Crippen LogP contribution in [0.3, 0.4) is 0 Å². The van der Waals surface area contributed by atoms with E-state index in [1.807, 2.05) is 13.8 Å². The number of phosphoric ester groups is 1. The minimum Gasteiger partial charge on any atom is -0.481 e. The number of anilines is 1. The van der Waals surface area contributed by atoms with Gasteiger partial charge in [0.2, 0.25) is 12.7 Å². The van der Waals surface area contributed by atoms with E-state index in [9.17, 15) is 58.9 Å². The number of carboxylic acids is 1. The average molecular weight is 1220 g/mol. The quantitative estimate of drug-likeness (QED) is 0.0108. The number of nitrogens with zero attached hydrogens (tertiary/aromatic N) is 7. The Hall–Kier alpha value is -5.93. The van der Waals surface area contributed by atoms with Crippen molar-refractivity contribution >= 4 is 84.1 Å². The van der Waals surface area contributed by atoms with Crippen LogP contribution in [0.1, 0.15) is 80.5 Å². The van der Waals surface area contributed by atoms with Crippen molar-refractivity contribution in [1.29, 1.82) is 0 Å². The first-order valence-corrected chi connectivity index (χ1v) is 27.7. The third-order valence-electron chi connectivity index (χ3n) is 11.1. The van der Waals surface area contributed by atoms with Gasteiger partial charge >= 0.3 is 26.1 Å². The van der Waals surface area contributed by atoms with Gasteiger partial charge in [0.1, 0.15) is 36.1 Å². The summed E-state index contributed by atoms with van der Waals surface area (Å²) in [6.07, 6.45) is -9.43. The van der Waals surface area contributed by atoms with Crippen LogP contribution in [0.4, 0.5) is 49.7 Å². The molecule has 3 aromatic heterocycles. The molecule has 0 saturated carbocycles. The molecule has 32 heteroatoms. The zero-order valence-electron chi connectivity index (χ0n) is 43.3. The van der Waals surface area contributed by atoms with E-state index in [-0.39, 0.29) is 73.9 Å². The van der Waals surface area contributed by atoms with Crippen molar-refractivity contribution in [2.45, 2.75) is 95.5 Å². The highest BCUT2D eigenvalue weighted by atomic mass is 35.5. The molecular formula is C48H52ClF10N8O10PS2. The van der Waals surface area contributed by atoms with Crippen molar-refractivity contribution in [3.05, 3.63) is 93.0 Å². The Kier molecular flexibility index (Phi) is 23.0. The zero-order valence-corrected chi connectivity index (χ0v) is 46.6. The van der Waals surface area contributed by atoms with E-state index in [1.54, 1.807) is 20.1 Å². The number of alkyl halides is 8. The Morgan fingerprint density at radius 3 is 2.20 bits per heavy atom. The molecule has 1 atom stereocenters. The zero-order chi connectivity index (χ0) is 60.3. The van der Waals surface area contributed by atoms with Crippen LogP contribution in [-0.2, 0) is 71.0 Å². The fourth-order valence-electron chi connectivity index (χ4n) is 7.75. The summed E-state index contributed by atoms with van der Waals surface area (Å²) < 4.78 is 164. The lowest BCUT2D eigenvalue weighted by Crippen LogP contribution is -2.36. The fraction of sp³-hybridized carbons (Fsp3) is 0.438. The van der Waals surface area contributed by atoms with E-state index >= 15 is 8.78 Å². The minimum atomic E-state index is -5.16. The number of rotatable bonds is 20. The summed E-state index contributed by atoms with van der Waals surface area (Å²) in [6.45, 7) is 3.46. The molecule has 1 aliphatic carbocycles. The molecule has 4 N–H and O–H groups in total. The van der Waals surface area contributed by atoms with E-state index in [0.29, 0.717) is 10.7 Å². The van der Waals surface area contributed by atoms with E-state index in [1.165, 1.54) is 54.2 Å². The Morgan fingerprint density at radius 2 is 1.64 bits per heavy atom. The van der Waals surface area contributed by atoms with Gasteiger partial charge in [0.15, 0.2) is 11.5 Å². The number of amides is 2. The third kappa shape index (κ3) is 18.3. The monoisotopic (exact) mass is 1220 g/mol. The number of aliphatic carboxylic acids is 1. The summed E-state index contributed by atoms with van der Waals surface area (Å²) >= 11 is 8.89. The first-order valence-electron chi connectivity index (χ1n) is 23.3. The second-order valence-corrected chi connectivity index (χ2v) is 21.2. The first-order chi connectivity index (χ1) is 37.2. The maximum atomic E-state index is 15.1. The second kappa shape index (κ2) is 27.7. The van der Waals surface area contributed by atoms with Crippen LogP contribution in [-0.4, -0.2) is 119 Å². The first kappa shape index (κ1) is 66.6. The van der Waals surface area contributed by atoms with Crippen molar-refractivity contribution in [2.24, 2.45) is 0 Å². The number of fused-ring (bicyclic) bond motifs is 2. The number of pyridine rings is 1. The summed E-state index contributed by atoms with van der Waals surface area (Å²) in [5, 5.41) is 18.9. The van der Waals surface area contributed by atoms with E-state index in [0.717, 1.165) is 28.4 Å². The SMILES string of the molecule is CC.CSN(C(=O)CN(C)CCC(=O)O)c1nn(CC(F)(F)F)c2c(-c3ccc(C#CC(C)(C)SC)nc3C(Cc3cc(F)cc(F)c3)NC(=O)Cn3nc(C(F)(F)F)c4c3C(F)(F)CC4)ccc(Cl)c12.O=COCOP(=O)(O)O. The number of thioether (sulfide) groups is 1. The highest BCUT2D eigenvalue weighted by molar-refractivity contribution is 8.00. The van der Waals surface area contributed by atoms with Gasteiger partial charge in [0.25, 0.3) is 18.3 Å². The number of halogens is 11. The normalized spacial score (nSPS) is 13.5. The lowest BCUT2D eigenvalue weighted by atomic mass is 9.93. The number of phosphoric acid groups is 1. The summed E-state index contributed by atoms with van der Waals surface area (Å²) in [4.78, 5) is 70.3. The summed E-state index contributed by atoms with van der Waals surface area (Å²) in [5.41, 5.74) is -4.33. The second-order valence-electron chi connectivity index (χ2n) is 17.4. The highest BCUT2D eigenvalue weighted by Crippen LogP contribution is 2.47. The van der Waals surface area contributed by atoms with Crippen molar-refractivity contribution in [3.63, 3.8) is 0 Å². The Labute approximate surface area is 464 Å². The van der Waals surface area contributed by atoms with Crippen LogP contribution < -0.4 is 9.62 Å². The van der Waals surface area contributed by atoms with Crippen LogP contribution in [0.15, 0.2) is 42.5 Å². The maximum absolute atomic E-state index is 15.1. The molecule has 6 rings (SSSR count). The topological polar surface area (TPSA) is 232 Å². The largest absolute Gasteiger partial charge is 0.481 e. The van der Waals surface area contributed by atoms with Gasteiger partial charge in [-0.2, -0.15) is 45.3 Å². The molecule has 80 heavy (non-hydrogen) atoms. The van der Waals surface area contributed by atoms with Crippen molar-refractivity contribution in [3.8, 4) is 23.0 Å². The van der Waals surface area contributed by atoms with Crippen LogP contribution in [0.2, 0.25) is 5.02 Å². The molecular weight excluding hydrogens is 1170 g/mol. The molecule has 0 saturated heterocycles. The smallest absolute Gasteiger partial charge is 0.472 e. The van der Waals surface area contributed by atoms with Gasteiger partial charge in [0.05, 0.1) is 45.4 Å². The molecule has 0 aliphatic heterocycles. The predicted octanol–water partition coefficient (Wildman–Crippen LogP) is 9.71. The number of hydrogen-bond acceptors (Lipinski definition) is 13. The lowest BCUT2D eigenvalue weighted by Gasteiger charge is -2.23. The molecule has 5 aromatic rings. The number of aromatic nitrogens is 5. The van der Waals surface area contributed by atoms with Gasteiger partial charge in [-0.1, -0.05) is 37.4 Å². The van der Waals surface area contributed by atoms with Gasteiger partial charge in [-0.15, -0.1) is 11.8 Å². The number of benzene rings is 2. The van der Waals surface area contributed by atoms with E-state index < -0.39 is 129 Å². The number of carbonyl (C=O) groups excluding carboxylic acids is 3.